The molecule has 2 rings (SSSR count). The van der Waals surface area contributed by atoms with Crippen molar-refractivity contribution in [3.8, 4) is 11.4 Å². The van der Waals surface area contributed by atoms with Crippen LogP contribution in [0.4, 0.5) is 0 Å². The van der Waals surface area contributed by atoms with Gasteiger partial charge >= 0.3 is 5.97 Å². The Morgan fingerprint density at radius 2 is 2.17 bits per heavy atom. The van der Waals surface area contributed by atoms with E-state index in [0.717, 1.165) is 0 Å². The SMILES string of the molecule is O=C(O)CCn1ccnc1-c1cc(Cl)ccc1Cl. The molecule has 4 nitrogen and oxygen atoms in total. The molecule has 1 aromatic carbocycles. The maximum Gasteiger partial charge on any atom is 0.305 e. The molecule has 0 aliphatic heterocycles. The minimum Gasteiger partial charge on any atom is -0.481 e. The van der Waals surface area contributed by atoms with Gasteiger partial charge in [0, 0.05) is 29.5 Å². The fourth-order valence-electron chi connectivity index (χ4n) is 1.62. The van der Waals surface area contributed by atoms with E-state index in [1.54, 1.807) is 35.2 Å². The molecule has 0 fully saturated rings. The predicted molar refractivity (Wildman–Crippen MR) is 69.9 cm³/mol. The highest BCUT2D eigenvalue weighted by molar-refractivity contribution is 6.35. The molecule has 6 heteroatoms. The first-order valence-electron chi connectivity index (χ1n) is 5.26. The number of carbonyl (C=O) groups is 1. The van der Waals surface area contributed by atoms with Gasteiger partial charge < -0.3 is 9.67 Å². The number of hydrogen-bond acceptors (Lipinski definition) is 2. The van der Waals surface area contributed by atoms with Gasteiger partial charge in [0.1, 0.15) is 5.82 Å². The Morgan fingerprint density at radius 1 is 1.39 bits per heavy atom. The molecule has 18 heavy (non-hydrogen) atoms. The van der Waals surface area contributed by atoms with E-state index in [2.05, 4.69) is 4.98 Å². The smallest absolute Gasteiger partial charge is 0.305 e. The van der Waals surface area contributed by atoms with Crippen LogP contribution in [-0.2, 0) is 11.3 Å². The summed E-state index contributed by atoms with van der Waals surface area (Å²) in [6.07, 6.45) is 3.35. The molecule has 1 heterocycles. The third-order valence-electron chi connectivity index (χ3n) is 2.45. The van der Waals surface area contributed by atoms with Crippen LogP contribution in [0.5, 0.6) is 0 Å². The lowest BCUT2D eigenvalue weighted by Crippen LogP contribution is -2.05. The summed E-state index contributed by atoms with van der Waals surface area (Å²) < 4.78 is 1.74. The first-order valence-corrected chi connectivity index (χ1v) is 6.02. The van der Waals surface area contributed by atoms with E-state index >= 15 is 0 Å². The Morgan fingerprint density at radius 3 is 2.89 bits per heavy atom. The molecule has 0 saturated carbocycles. The van der Waals surface area contributed by atoms with E-state index in [0.29, 0.717) is 28.0 Å². The zero-order chi connectivity index (χ0) is 13.1. The monoisotopic (exact) mass is 284 g/mol. The summed E-state index contributed by atoms with van der Waals surface area (Å²) in [6, 6.07) is 5.09. The quantitative estimate of drug-likeness (QED) is 0.937. The first kappa shape index (κ1) is 12.9. The summed E-state index contributed by atoms with van der Waals surface area (Å²) in [7, 11) is 0. The van der Waals surface area contributed by atoms with Gasteiger partial charge in [-0.2, -0.15) is 0 Å². The molecule has 94 valence electrons. The molecular weight excluding hydrogens is 275 g/mol. The van der Waals surface area contributed by atoms with Crippen LogP contribution in [0.15, 0.2) is 30.6 Å². The van der Waals surface area contributed by atoms with E-state index in [1.165, 1.54) is 0 Å². The number of aryl methyl sites for hydroxylation is 1. The Balaban J connectivity index is 2.36. The van der Waals surface area contributed by atoms with Crippen molar-refractivity contribution in [1.29, 1.82) is 0 Å². The average molecular weight is 285 g/mol. The number of imidazole rings is 1. The van der Waals surface area contributed by atoms with Crippen molar-refractivity contribution in [1.82, 2.24) is 9.55 Å². The molecule has 0 saturated heterocycles. The van der Waals surface area contributed by atoms with Gasteiger partial charge in [-0.25, -0.2) is 4.98 Å². The summed E-state index contributed by atoms with van der Waals surface area (Å²) in [5.41, 5.74) is 0.694. The summed E-state index contributed by atoms with van der Waals surface area (Å²) in [6.45, 7) is 0.341. The fourth-order valence-corrected chi connectivity index (χ4v) is 1.99. The number of aliphatic carboxylic acids is 1. The second kappa shape index (κ2) is 5.42. The first-order chi connectivity index (χ1) is 8.58. The van der Waals surface area contributed by atoms with E-state index in [-0.39, 0.29) is 6.42 Å². The summed E-state index contributed by atoms with van der Waals surface area (Å²) in [5.74, 6) is -0.240. The van der Waals surface area contributed by atoms with Gasteiger partial charge in [0.05, 0.1) is 11.4 Å². The third-order valence-corrected chi connectivity index (χ3v) is 3.02. The second-order valence-electron chi connectivity index (χ2n) is 3.71. The molecule has 0 amide bonds. The number of benzene rings is 1. The van der Waals surface area contributed by atoms with Gasteiger partial charge in [-0.15, -0.1) is 0 Å². The highest BCUT2D eigenvalue weighted by atomic mass is 35.5. The van der Waals surface area contributed by atoms with Gasteiger partial charge in [-0.05, 0) is 18.2 Å². The maximum atomic E-state index is 10.6. The number of rotatable bonds is 4. The molecule has 0 bridgehead atoms. The van der Waals surface area contributed by atoms with Gasteiger partial charge in [0.15, 0.2) is 0 Å². The number of hydrogen-bond donors (Lipinski definition) is 1. The highest BCUT2D eigenvalue weighted by Crippen LogP contribution is 2.29. The average Bonchev–Trinajstić information content (AvgIpc) is 2.77. The Hall–Kier alpha value is -1.52. The van der Waals surface area contributed by atoms with Gasteiger partial charge in [0.2, 0.25) is 0 Å². The predicted octanol–water partition coefficient (Wildman–Crippen LogP) is 3.33. The van der Waals surface area contributed by atoms with Crippen LogP contribution in [0.3, 0.4) is 0 Å². The molecule has 0 aliphatic carbocycles. The molecule has 0 atom stereocenters. The van der Waals surface area contributed by atoms with Crippen molar-refractivity contribution in [2.24, 2.45) is 0 Å². The van der Waals surface area contributed by atoms with Crippen LogP contribution < -0.4 is 0 Å². The zero-order valence-corrected chi connectivity index (χ0v) is 10.8. The number of nitrogens with zero attached hydrogens (tertiary/aromatic N) is 2. The summed E-state index contributed by atoms with van der Waals surface area (Å²) in [5, 5.41) is 9.78. The molecule has 1 aromatic heterocycles. The minimum absolute atomic E-state index is 0.0293. The molecule has 0 radical (unpaired) electrons. The van der Waals surface area contributed by atoms with Crippen molar-refractivity contribution in [3.63, 3.8) is 0 Å². The maximum absolute atomic E-state index is 10.6. The standard InChI is InChI=1S/C12H10Cl2N2O2/c13-8-1-2-10(14)9(7-8)12-15-4-6-16(12)5-3-11(17)18/h1-2,4,6-7H,3,5H2,(H,17,18). The number of halogens is 2. The van der Waals surface area contributed by atoms with Crippen molar-refractivity contribution in [2.75, 3.05) is 0 Å². The Kier molecular flexibility index (Phi) is 3.89. The van der Waals surface area contributed by atoms with Crippen LogP contribution in [0, 0.1) is 0 Å². The molecule has 1 N–H and O–H groups in total. The lowest BCUT2D eigenvalue weighted by Gasteiger charge is -2.08. The van der Waals surface area contributed by atoms with Crippen LogP contribution >= 0.6 is 23.2 Å². The van der Waals surface area contributed by atoms with Crippen LogP contribution in [0.25, 0.3) is 11.4 Å². The number of carboxylic acids is 1. The van der Waals surface area contributed by atoms with Crippen molar-refractivity contribution >= 4 is 29.2 Å². The van der Waals surface area contributed by atoms with Crippen LogP contribution in [0.2, 0.25) is 10.0 Å². The molecule has 0 unspecified atom stereocenters. The van der Waals surface area contributed by atoms with Gasteiger partial charge in [-0.3, -0.25) is 4.79 Å². The topological polar surface area (TPSA) is 55.1 Å². The van der Waals surface area contributed by atoms with Crippen molar-refractivity contribution in [2.45, 2.75) is 13.0 Å². The van der Waals surface area contributed by atoms with Gasteiger partial charge in [-0.1, -0.05) is 23.2 Å². The largest absolute Gasteiger partial charge is 0.481 e. The number of aromatic nitrogens is 2. The summed E-state index contributed by atoms with van der Waals surface area (Å²) >= 11 is 12.0. The molecular formula is C12H10Cl2N2O2. The molecule has 2 aromatic rings. The molecule has 0 aliphatic rings. The second-order valence-corrected chi connectivity index (χ2v) is 4.56. The lowest BCUT2D eigenvalue weighted by molar-refractivity contribution is -0.137. The van der Waals surface area contributed by atoms with Crippen LogP contribution in [0.1, 0.15) is 6.42 Å². The molecule has 0 spiro atoms. The van der Waals surface area contributed by atoms with Gasteiger partial charge in [0.25, 0.3) is 0 Å². The number of carboxylic acid groups (broad SMARTS) is 1. The Labute approximate surface area is 114 Å². The van der Waals surface area contributed by atoms with Crippen molar-refractivity contribution < 1.29 is 9.90 Å². The minimum atomic E-state index is -0.855. The van der Waals surface area contributed by atoms with E-state index in [9.17, 15) is 4.79 Å². The lowest BCUT2D eigenvalue weighted by atomic mass is 10.2. The van der Waals surface area contributed by atoms with Crippen molar-refractivity contribution in [3.05, 3.63) is 40.6 Å². The normalized spacial score (nSPS) is 10.6. The third kappa shape index (κ3) is 2.83. The summed E-state index contributed by atoms with van der Waals surface area (Å²) in [4.78, 5) is 14.8. The fraction of sp³-hybridized carbons (Fsp3) is 0.167. The highest BCUT2D eigenvalue weighted by Gasteiger charge is 2.11. The van der Waals surface area contributed by atoms with E-state index in [4.69, 9.17) is 28.3 Å². The van der Waals surface area contributed by atoms with E-state index < -0.39 is 5.97 Å². The van der Waals surface area contributed by atoms with E-state index in [1.807, 2.05) is 0 Å². The Bertz CT molecular complexity index is 581. The zero-order valence-electron chi connectivity index (χ0n) is 9.31. The van der Waals surface area contributed by atoms with Crippen LogP contribution in [-0.4, -0.2) is 20.6 Å².